The molecule has 224 valence electrons. The lowest BCUT2D eigenvalue weighted by molar-refractivity contribution is -0.121. The predicted octanol–water partition coefficient (Wildman–Crippen LogP) is 6.85. The topological polar surface area (TPSA) is 93.2 Å². The lowest BCUT2D eigenvalue weighted by Gasteiger charge is -2.19. The second-order valence-electron chi connectivity index (χ2n) is 10.6. The molecule has 0 saturated carbocycles. The Balaban J connectivity index is 1.27. The number of ether oxygens (including phenoxy) is 2. The molecular weight excluding hydrogens is 568 g/mol. The molecule has 0 aromatic heterocycles. The van der Waals surface area contributed by atoms with Gasteiger partial charge in [-0.15, -0.1) is 0 Å². The maximum absolute atomic E-state index is 12.1. The minimum absolute atomic E-state index is 0.371. The summed E-state index contributed by atoms with van der Waals surface area (Å²) in [6.45, 7) is 4.14. The molecule has 2 aliphatic rings. The molecule has 0 N–H and O–H groups in total. The second-order valence-corrected chi connectivity index (χ2v) is 10.6. The number of carbonyl (C=O) groups excluding carboxylic acids is 4. The molecule has 0 saturated heterocycles. The number of aryl methyl sites for hydroxylation is 2. The van der Waals surface area contributed by atoms with Crippen molar-refractivity contribution in [2.45, 2.75) is 33.1 Å². The molecule has 0 atom stereocenters. The van der Waals surface area contributed by atoms with E-state index < -0.39 is 0 Å². The fourth-order valence-corrected chi connectivity index (χ4v) is 5.45. The largest absolute Gasteiger partial charge is 0.457 e. The van der Waals surface area contributed by atoms with E-state index in [1.165, 1.54) is 24.3 Å². The Bertz CT molecular complexity index is 1700. The smallest absolute Gasteiger partial charge is 0.258 e. The van der Waals surface area contributed by atoms with Crippen molar-refractivity contribution in [2.24, 2.45) is 0 Å². The monoisotopic (exact) mass is 598 g/mol. The SMILES string of the molecule is CCc1cccc(Cc2cccc(CC)c2Oc2ccc(N3C(=O)C=CC3=O)cc2)c1Oc1ccc(N2C(=O)C=CC2=O)cc1. The van der Waals surface area contributed by atoms with Crippen LogP contribution in [0.3, 0.4) is 0 Å². The van der Waals surface area contributed by atoms with E-state index in [9.17, 15) is 19.2 Å². The Morgan fingerprint density at radius 1 is 0.467 bits per heavy atom. The third kappa shape index (κ3) is 5.90. The minimum atomic E-state index is -0.371. The second kappa shape index (κ2) is 12.5. The van der Waals surface area contributed by atoms with Crippen molar-refractivity contribution in [3.8, 4) is 23.0 Å². The molecule has 0 radical (unpaired) electrons. The number of benzene rings is 4. The van der Waals surface area contributed by atoms with Crippen molar-refractivity contribution >= 4 is 35.0 Å². The molecule has 6 rings (SSSR count). The van der Waals surface area contributed by atoms with E-state index in [1.54, 1.807) is 48.5 Å². The van der Waals surface area contributed by atoms with Crippen LogP contribution in [0.15, 0.2) is 109 Å². The lowest BCUT2D eigenvalue weighted by Crippen LogP contribution is -2.29. The number of hydrogen-bond acceptors (Lipinski definition) is 6. The number of hydrogen-bond donors (Lipinski definition) is 0. The van der Waals surface area contributed by atoms with Crippen LogP contribution in [0.1, 0.15) is 36.1 Å². The third-order valence-electron chi connectivity index (χ3n) is 7.75. The molecule has 0 bridgehead atoms. The molecule has 0 aliphatic carbocycles. The maximum atomic E-state index is 12.1. The fourth-order valence-electron chi connectivity index (χ4n) is 5.45. The van der Waals surface area contributed by atoms with Crippen molar-refractivity contribution in [3.05, 3.63) is 131 Å². The highest BCUT2D eigenvalue weighted by Gasteiger charge is 2.26. The molecule has 4 aromatic rings. The van der Waals surface area contributed by atoms with Crippen molar-refractivity contribution < 1.29 is 28.7 Å². The van der Waals surface area contributed by atoms with Gasteiger partial charge in [0.15, 0.2) is 0 Å². The van der Waals surface area contributed by atoms with Crippen LogP contribution < -0.4 is 19.3 Å². The Hall–Kier alpha value is -5.76. The van der Waals surface area contributed by atoms with E-state index >= 15 is 0 Å². The quantitative estimate of drug-likeness (QED) is 0.186. The lowest BCUT2D eigenvalue weighted by atomic mass is 9.97. The van der Waals surface area contributed by atoms with Crippen LogP contribution in [0.4, 0.5) is 11.4 Å². The van der Waals surface area contributed by atoms with Gasteiger partial charge < -0.3 is 9.47 Å². The molecule has 4 amide bonds. The van der Waals surface area contributed by atoms with Gasteiger partial charge in [0, 0.05) is 30.7 Å². The first-order chi connectivity index (χ1) is 21.9. The number of rotatable bonds is 10. The number of para-hydroxylation sites is 2. The Labute approximate surface area is 260 Å². The zero-order valence-corrected chi connectivity index (χ0v) is 24.9. The zero-order valence-electron chi connectivity index (χ0n) is 24.9. The third-order valence-corrected chi connectivity index (χ3v) is 7.75. The molecule has 0 unspecified atom stereocenters. The summed E-state index contributed by atoms with van der Waals surface area (Å²) in [5.74, 6) is 1.17. The van der Waals surface area contributed by atoms with E-state index in [1.807, 2.05) is 36.4 Å². The van der Waals surface area contributed by atoms with Crippen LogP contribution in [-0.4, -0.2) is 23.6 Å². The summed E-state index contributed by atoms with van der Waals surface area (Å²) in [7, 11) is 0. The Kier molecular flexibility index (Phi) is 8.12. The van der Waals surface area contributed by atoms with Crippen LogP contribution >= 0.6 is 0 Å². The van der Waals surface area contributed by atoms with Gasteiger partial charge in [-0.3, -0.25) is 19.2 Å². The molecule has 2 heterocycles. The van der Waals surface area contributed by atoms with Gasteiger partial charge in [-0.2, -0.15) is 0 Å². The van der Waals surface area contributed by atoms with E-state index in [0.29, 0.717) is 29.3 Å². The summed E-state index contributed by atoms with van der Waals surface area (Å²) in [5.41, 5.74) is 4.98. The Morgan fingerprint density at radius 2 is 0.800 bits per heavy atom. The maximum Gasteiger partial charge on any atom is 0.258 e. The van der Waals surface area contributed by atoms with Gasteiger partial charge in [0.25, 0.3) is 23.6 Å². The summed E-state index contributed by atoms with van der Waals surface area (Å²) in [6.07, 6.45) is 7.08. The van der Waals surface area contributed by atoms with Crippen LogP contribution in [0.2, 0.25) is 0 Å². The van der Waals surface area contributed by atoms with Crippen LogP contribution in [0.5, 0.6) is 23.0 Å². The number of nitrogens with zero attached hydrogens (tertiary/aromatic N) is 2. The van der Waals surface area contributed by atoms with Crippen LogP contribution in [0, 0.1) is 0 Å². The van der Waals surface area contributed by atoms with Gasteiger partial charge in [-0.25, -0.2) is 9.80 Å². The minimum Gasteiger partial charge on any atom is -0.457 e. The van der Waals surface area contributed by atoms with E-state index in [-0.39, 0.29) is 23.6 Å². The highest BCUT2D eigenvalue weighted by Crippen LogP contribution is 2.37. The number of imide groups is 2. The molecule has 8 nitrogen and oxygen atoms in total. The van der Waals surface area contributed by atoms with Gasteiger partial charge in [0.05, 0.1) is 11.4 Å². The van der Waals surface area contributed by atoms with Gasteiger partial charge in [0.1, 0.15) is 23.0 Å². The predicted molar refractivity (Wildman–Crippen MR) is 171 cm³/mol. The normalized spacial score (nSPS) is 14.2. The van der Waals surface area contributed by atoms with E-state index in [2.05, 4.69) is 13.8 Å². The van der Waals surface area contributed by atoms with Crippen molar-refractivity contribution in [3.63, 3.8) is 0 Å². The molecule has 2 aliphatic heterocycles. The van der Waals surface area contributed by atoms with Crippen LogP contribution in [0.25, 0.3) is 0 Å². The molecule has 0 spiro atoms. The van der Waals surface area contributed by atoms with Crippen molar-refractivity contribution in [1.82, 2.24) is 0 Å². The van der Waals surface area contributed by atoms with Gasteiger partial charge in [-0.1, -0.05) is 50.2 Å². The van der Waals surface area contributed by atoms with Gasteiger partial charge in [-0.05, 0) is 83.6 Å². The van der Waals surface area contributed by atoms with E-state index in [4.69, 9.17) is 9.47 Å². The number of carbonyl (C=O) groups is 4. The molecule has 4 aromatic carbocycles. The standard InChI is InChI=1S/C37H30N2O6/c1-3-24-7-5-9-26(36(24)44-30-15-11-28(12-16-30)38-32(40)19-20-33(38)41)23-27-10-6-8-25(4-2)37(27)45-31-17-13-29(14-18-31)39-34(42)21-22-35(39)43/h5-22H,3-4,23H2,1-2H3. The molecule has 0 fully saturated rings. The first kappa shape index (κ1) is 29.3. The Morgan fingerprint density at radius 3 is 1.13 bits per heavy atom. The first-order valence-electron chi connectivity index (χ1n) is 14.8. The summed E-state index contributed by atoms with van der Waals surface area (Å²) in [4.78, 5) is 50.6. The summed E-state index contributed by atoms with van der Waals surface area (Å²) in [6, 6.07) is 25.9. The van der Waals surface area contributed by atoms with Gasteiger partial charge in [0.2, 0.25) is 0 Å². The summed E-state index contributed by atoms with van der Waals surface area (Å²) in [5, 5.41) is 0. The first-order valence-corrected chi connectivity index (χ1v) is 14.8. The van der Waals surface area contributed by atoms with Gasteiger partial charge >= 0.3 is 0 Å². The van der Waals surface area contributed by atoms with E-state index in [0.717, 1.165) is 56.4 Å². The van der Waals surface area contributed by atoms with Crippen molar-refractivity contribution in [2.75, 3.05) is 9.80 Å². The summed E-state index contributed by atoms with van der Waals surface area (Å²) < 4.78 is 12.9. The molecule has 8 heteroatoms. The number of amides is 4. The average molecular weight is 599 g/mol. The molecular formula is C37H30N2O6. The highest BCUT2D eigenvalue weighted by molar-refractivity contribution is 6.28. The number of anilines is 2. The van der Waals surface area contributed by atoms with Crippen LogP contribution in [-0.2, 0) is 38.4 Å². The fraction of sp³-hybridized carbons (Fsp3) is 0.135. The molecule has 45 heavy (non-hydrogen) atoms. The summed E-state index contributed by atoms with van der Waals surface area (Å²) >= 11 is 0. The average Bonchev–Trinajstić information content (AvgIpc) is 3.57. The highest BCUT2D eigenvalue weighted by atomic mass is 16.5. The zero-order chi connectivity index (χ0) is 31.5. The van der Waals surface area contributed by atoms with Crippen molar-refractivity contribution in [1.29, 1.82) is 0 Å².